The molecule has 1 amide bonds. The monoisotopic (exact) mass is 311 g/mol. The summed E-state index contributed by atoms with van der Waals surface area (Å²) in [6.07, 6.45) is 0. The molecule has 0 heterocycles. The zero-order valence-electron chi connectivity index (χ0n) is 12.9. The standard InChI is InChI=1S/C16H22ClNO3/c1-11(2)15(19)18(9-12(3)16(20)21-4)10-13-7-5-6-8-14(13)17/h5-8,11-12H,9-10H2,1-4H3. The average Bonchev–Trinajstić information content (AvgIpc) is 2.46. The van der Waals surface area contributed by atoms with Gasteiger partial charge in [-0.3, -0.25) is 9.59 Å². The van der Waals surface area contributed by atoms with E-state index in [0.29, 0.717) is 18.1 Å². The van der Waals surface area contributed by atoms with Gasteiger partial charge in [0.25, 0.3) is 0 Å². The van der Waals surface area contributed by atoms with E-state index in [1.165, 1.54) is 7.11 Å². The van der Waals surface area contributed by atoms with Crippen molar-refractivity contribution in [3.8, 4) is 0 Å². The Bertz CT molecular complexity index is 502. The van der Waals surface area contributed by atoms with E-state index in [1.807, 2.05) is 32.0 Å². The van der Waals surface area contributed by atoms with Crippen LogP contribution < -0.4 is 0 Å². The van der Waals surface area contributed by atoms with Crippen LogP contribution in [-0.4, -0.2) is 30.4 Å². The molecular weight excluding hydrogens is 290 g/mol. The van der Waals surface area contributed by atoms with Crippen molar-refractivity contribution in [3.05, 3.63) is 34.9 Å². The summed E-state index contributed by atoms with van der Waals surface area (Å²) >= 11 is 6.15. The number of halogens is 1. The van der Waals surface area contributed by atoms with Crippen LogP contribution >= 0.6 is 11.6 Å². The van der Waals surface area contributed by atoms with Crippen LogP contribution in [0.5, 0.6) is 0 Å². The molecule has 21 heavy (non-hydrogen) atoms. The van der Waals surface area contributed by atoms with E-state index in [9.17, 15) is 9.59 Å². The molecule has 1 aromatic carbocycles. The van der Waals surface area contributed by atoms with E-state index in [0.717, 1.165) is 5.56 Å². The third kappa shape index (κ3) is 5.05. The second kappa shape index (κ2) is 8.03. The van der Waals surface area contributed by atoms with Crippen LogP contribution in [0.4, 0.5) is 0 Å². The second-order valence-electron chi connectivity index (χ2n) is 5.39. The molecule has 1 rings (SSSR count). The summed E-state index contributed by atoms with van der Waals surface area (Å²) in [6.45, 7) is 6.13. The van der Waals surface area contributed by atoms with E-state index in [2.05, 4.69) is 0 Å². The Morgan fingerprint density at radius 1 is 1.24 bits per heavy atom. The highest BCUT2D eigenvalue weighted by atomic mass is 35.5. The van der Waals surface area contributed by atoms with Crippen LogP contribution in [0.3, 0.4) is 0 Å². The molecule has 5 heteroatoms. The summed E-state index contributed by atoms with van der Waals surface area (Å²) in [7, 11) is 1.35. The molecular formula is C16H22ClNO3. The Balaban J connectivity index is 2.90. The minimum absolute atomic E-state index is 0.00864. The number of nitrogens with zero attached hydrogens (tertiary/aromatic N) is 1. The molecule has 0 fully saturated rings. The summed E-state index contributed by atoms with van der Waals surface area (Å²) < 4.78 is 4.72. The average molecular weight is 312 g/mol. The lowest BCUT2D eigenvalue weighted by molar-refractivity contribution is -0.147. The van der Waals surface area contributed by atoms with Gasteiger partial charge in [0.2, 0.25) is 5.91 Å². The van der Waals surface area contributed by atoms with Crippen LogP contribution in [0.15, 0.2) is 24.3 Å². The smallest absolute Gasteiger partial charge is 0.310 e. The summed E-state index contributed by atoms with van der Waals surface area (Å²) in [4.78, 5) is 25.6. The molecule has 0 saturated carbocycles. The molecule has 0 N–H and O–H groups in total. The van der Waals surface area contributed by atoms with Crippen molar-refractivity contribution in [2.45, 2.75) is 27.3 Å². The number of carbonyl (C=O) groups excluding carboxylic acids is 2. The number of ether oxygens (including phenoxy) is 1. The maximum Gasteiger partial charge on any atom is 0.310 e. The summed E-state index contributed by atoms with van der Waals surface area (Å²) in [5.74, 6) is -0.848. The van der Waals surface area contributed by atoms with Gasteiger partial charge in [0.05, 0.1) is 13.0 Å². The van der Waals surface area contributed by atoms with Crippen molar-refractivity contribution in [3.63, 3.8) is 0 Å². The van der Waals surface area contributed by atoms with Crippen LogP contribution in [0.2, 0.25) is 5.02 Å². The Morgan fingerprint density at radius 3 is 2.38 bits per heavy atom. The van der Waals surface area contributed by atoms with Crippen molar-refractivity contribution in [1.29, 1.82) is 0 Å². The maximum absolute atomic E-state index is 12.3. The summed E-state index contributed by atoms with van der Waals surface area (Å²) in [5.41, 5.74) is 0.866. The fourth-order valence-electron chi connectivity index (χ4n) is 2.04. The zero-order valence-corrected chi connectivity index (χ0v) is 13.7. The van der Waals surface area contributed by atoms with Gasteiger partial charge < -0.3 is 9.64 Å². The Hall–Kier alpha value is -1.55. The predicted molar refractivity (Wildman–Crippen MR) is 82.9 cm³/mol. The number of amides is 1. The minimum atomic E-state index is -0.375. The van der Waals surface area contributed by atoms with E-state index in [-0.39, 0.29) is 23.7 Å². The quantitative estimate of drug-likeness (QED) is 0.758. The first kappa shape index (κ1) is 17.5. The Kier molecular flexibility index (Phi) is 6.69. The first-order valence-corrected chi connectivity index (χ1v) is 7.34. The van der Waals surface area contributed by atoms with Gasteiger partial charge >= 0.3 is 5.97 Å². The molecule has 4 nitrogen and oxygen atoms in total. The number of benzene rings is 1. The molecule has 0 radical (unpaired) electrons. The second-order valence-corrected chi connectivity index (χ2v) is 5.80. The Morgan fingerprint density at radius 2 is 1.86 bits per heavy atom. The lowest BCUT2D eigenvalue weighted by Crippen LogP contribution is -2.39. The molecule has 0 aromatic heterocycles. The number of carbonyl (C=O) groups is 2. The summed E-state index contributed by atoms with van der Waals surface area (Å²) in [5, 5.41) is 0.616. The van der Waals surface area contributed by atoms with Crippen LogP contribution in [0, 0.1) is 11.8 Å². The molecule has 0 bridgehead atoms. The molecule has 0 spiro atoms. The Labute approximate surface area is 131 Å². The van der Waals surface area contributed by atoms with Crippen LogP contribution in [0.1, 0.15) is 26.3 Å². The highest BCUT2D eigenvalue weighted by molar-refractivity contribution is 6.31. The lowest BCUT2D eigenvalue weighted by atomic mass is 10.1. The first-order chi connectivity index (χ1) is 9.86. The third-order valence-corrected chi connectivity index (χ3v) is 3.59. The number of rotatable bonds is 6. The van der Waals surface area contributed by atoms with E-state index >= 15 is 0 Å². The molecule has 0 aliphatic carbocycles. The van der Waals surface area contributed by atoms with Gasteiger partial charge in [-0.25, -0.2) is 0 Å². The van der Waals surface area contributed by atoms with Crippen molar-refractivity contribution >= 4 is 23.5 Å². The third-order valence-electron chi connectivity index (χ3n) is 3.22. The van der Waals surface area contributed by atoms with Gasteiger partial charge in [0.15, 0.2) is 0 Å². The fourth-order valence-corrected chi connectivity index (χ4v) is 2.23. The number of hydrogen-bond acceptors (Lipinski definition) is 3. The van der Waals surface area contributed by atoms with Crippen molar-refractivity contribution in [2.75, 3.05) is 13.7 Å². The predicted octanol–water partition coefficient (Wildman–Crippen LogP) is 3.13. The largest absolute Gasteiger partial charge is 0.469 e. The minimum Gasteiger partial charge on any atom is -0.469 e. The maximum atomic E-state index is 12.3. The fraction of sp³-hybridized carbons (Fsp3) is 0.500. The number of hydrogen-bond donors (Lipinski definition) is 0. The molecule has 116 valence electrons. The molecule has 1 aromatic rings. The number of methoxy groups -OCH3 is 1. The zero-order chi connectivity index (χ0) is 16.0. The van der Waals surface area contributed by atoms with Crippen molar-refractivity contribution in [2.24, 2.45) is 11.8 Å². The van der Waals surface area contributed by atoms with Crippen molar-refractivity contribution in [1.82, 2.24) is 4.90 Å². The molecule has 1 unspecified atom stereocenters. The van der Waals surface area contributed by atoms with Gasteiger partial charge in [-0.15, -0.1) is 0 Å². The van der Waals surface area contributed by atoms with Crippen LogP contribution in [0.25, 0.3) is 0 Å². The normalized spacial score (nSPS) is 12.1. The first-order valence-electron chi connectivity index (χ1n) is 6.96. The highest BCUT2D eigenvalue weighted by Crippen LogP contribution is 2.19. The molecule has 0 saturated heterocycles. The van der Waals surface area contributed by atoms with Gasteiger partial charge in [-0.1, -0.05) is 50.6 Å². The molecule has 0 aliphatic rings. The highest BCUT2D eigenvalue weighted by Gasteiger charge is 2.23. The van der Waals surface area contributed by atoms with Crippen molar-refractivity contribution < 1.29 is 14.3 Å². The van der Waals surface area contributed by atoms with Gasteiger partial charge in [-0.05, 0) is 11.6 Å². The topological polar surface area (TPSA) is 46.6 Å². The van der Waals surface area contributed by atoms with Gasteiger partial charge in [0, 0.05) is 24.0 Å². The molecule has 0 aliphatic heterocycles. The number of esters is 1. The van der Waals surface area contributed by atoms with E-state index < -0.39 is 0 Å². The van der Waals surface area contributed by atoms with Gasteiger partial charge in [-0.2, -0.15) is 0 Å². The SMILES string of the molecule is COC(=O)C(C)CN(Cc1ccccc1Cl)C(=O)C(C)C. The van der Waals surface area contributed by atoms with Crippen LogP contribution in [-0.2, 0) is 20.9 Å². The molecule has 1 atom stereocenters. The summed E-state index contributed by atoms with van der Waals surface area (Å²) in [6, 6.07) is 7.39. The lowest BCUT2D eigenvalue weighted by Gasteiger charge is -2.27. The van der Waals surface area contributed by atoms with E-state index in [1.54, 1.807) is 17.9 Å². The van der Waals surface area contributed by atoms with E-state index in [4.69, 9.17) is 16.3 Å². The van der Waals surface area contributed by atoms with Gasteiger partial charge in [0.1, 0.15) is 0 Å².